The average Bonchev–Trinajstić information content (AvgIpc) is 3.37. The van der Waals surface area contributed by atoms with Crippen molar-refractivity contribution in [1.29, 1.82) is 0 Å². The number of aromatic carboxylic acids is 1. The number of carboxylic acids is 1. The van der Waals surface area contributed by atoms with Gasteiger partial charge in [-0.2, -0.15) is 60.7 Å². The molecule has 8 rings (SSSR count). The van der Waals surface area contributed by atoms with Crippen molar-refractivity contribution in [2.45, 2.75) is 29.4 Å². The quantitative estimate of drug-likeness (QED) is 0.0259. The average molecular weight is 1230 g/mol. The van der Waals surface area contributed by atoms with Gasteiger partial charge in [0.05, 0.1) is 32.9 Å². The molecule has 0 aliphatic carbocycles. The third kappa shape index (κ3) is 11.9. The summed E-state index contributed by atoms with van der Waals surface area (Å²) >= 11 is 0. The molecule has 0 aliphatic heterocycles. The zero-order valence-corrected chi connectivity index (χ0v) is 44.1. The lowest BCUT2D eigenvalue weighted by Crippen LogP contribution is -2.04. The molecule has 8 aromatic carbocycles. The Bertz CT molecular complexity index is 4960. The summed E-state index contributed by atoms with van der Waals surface area (Å²) in [5.74, 6) is -4.85. The third-order valence-electron chi connectivity index (χ3n) is 11.2. The van der Waals surface area contributed by atoms with Crippen LogP contribution in [0, 0.1) is 0 Å². The molecule has 0 heterocycles. The van der Waals surface area contributed by atoms with E-state index < -0.39 is 164 Å². The van der Waals surface area contributed by atoms with Crippen LogP contribution < -0.4 is 5.73 Å². The van der Waals surface area contributed by atoms with Crippen molar-refractivity contribution in [3.63, 3.8) is 0 Å². The van der Waals surface area contributed by atoms with Crippen molar-refractivity contribution < 1.29 is 103 Å². The molecule has 32 nitrogen and oxygen atoms in total. The Morgan fingerprint density at radius 3 is 1.44 bits per heavy atom. The number of hydrogen-bond donors (Lipinski definition) is 11. The lowest BCUT2D eigenvalue weighted by Gasteiger charge is -2.14. The fraction of sp³-hybridized carbons (Fsp3) is 0. The van der Waals surface area contributed by atoms with Crippen LogP contribution in [0.25, 0.3) is 32.3 Å². The molecule has 0 unspecified atom stereocenters. The van der Waals surface area contributed by atoms with Gasteiger partial charge >= 0.3 is 5.97 Å². The van der Waals surface area contributed by atoms with Gasteiger partial charge in [0, 0.05) is 16.2 Å². The number of carbonyl (C=O) groups is 1. The van der Waals surface area contributed by atoms with E-state index in [1.807, 2.05) is 0 Å². The van der Waals surface area contributed by atoms with Gasteiger partial charge in [0.2, 0.25) is 0 Å². The maximum Gasteiger partial charge on any atom is 0.337 e. The molecule has 81 heavy (non-hydrogen) atoms. The van der Waals surface area contributed by atoms with E-state index in [4.69, 9.17) is 5.73 Å². The number of nitrogens with two attached hydrogens (primary N) is 1. The third-order valence-corrected chi connectivity index (χ3v) is 16.4. The number of phenolic OH excluding ortho intramolecular Hbond substituents is 3. The highest BCUT2D eigenvalue weighted by atomic mass is 32.2. The number of nitrogens with zero attached hydrogens (tertiary/aromatic N) is 8. The van der Waals surface area contributed by atoms with Crippen molar-refractivity contribution >= 4 is 150 Å². The summed E-state index contributed by atoms with van der Waals surface area (Å²) in [6, 6.07) is 15.3. The van der Waals surface area contributed by atoms with Crippen LogP contribution in [0.4, 0.5) is 51.2 Å². The topological polar surface area (TPSA) is 549 Å². The van der Waals surface area contributed by atoms with Gasteiger partial charge in [-0.3, -0.25) is 27.3 Å². The number of anilines is 1. The van der Waals surface area contributed by atoms with E-state index in [-0.39, 0.29) is 38.8 Å². The minimum atomic E-state index is -5.55. The fourth-order valence-electron chi connectivity index (χ4n) is 7.60. The summed E-state index contributed by atoms with van der Waals surface area (Å²) < 4.78 is 209. The summed E-state index contributed by atoms with van der Waals surface area (Å²) in [6.07, 6.45) is 0. The highest BCUT2D eigenvalue weighted by molar-refractivity contribution is 7.87. The fourth-order valence-corrected chi connectivity index (χ4v) is 11.4. The molecule has 0 spiro atoms. The van der Waals surface area contributed by atoms with E-state index in [0.29, 0.717) is 30.3 Å². The summed E-state index contributed by atoms with van der Waals surface area (Å²) in [5, 5.41) is 70.5. The number of rotatable bonds is 15. The molecular formula is C43H29N9O23S6. The van der Waals surface area contributed by atoms with E-state index in [9.17, 15) is 103 Å². The van der Waals surface area contributed by atoms with Crippen LogP contribution in [0.1, 0.15) is 10.4 Å². The number of carboxylic acid groups (broad SMARTS) is 1. The molecule has 0 aromatic heterocycles. The Balaban J connectivity index is 1.24. The second kappa shape index (κ2) is 20.6. The molecule has 420 valence electrons. The van der Waals surface area contributed by atoms with E-state index >= 15 is 0 Å². The molecule has 12 N–H and O–H groups in total. The van der Waals surface area contributed by atoms with E-state index in [1.54, 1.807) is 0 Å². The van der Waals surface area contributed by atoms with Crippen LogP contribution >= 0.6 is 0 Å². The summed E-state index contributed by atoms with van der Waals surface area (Å²) in [7, 11) is -31.9. The van der Waals surface area contributed by atoms with Crippen LogP contribution in [-0.2, 0) is 60.7 Å². The molecule has 0 radical (unpaired) electrons. The lowest BCUT2D eigenvalue weighted by atomic mass is 10.0. The summed E-state index contributed by atoms with van der Waals surface area (Å²) in [6.45, 7) is 0. The second-order valence-electron chi connectivity index (χ2n) is 16.4. The molecular weight excluding hydrogens is 1200 g/mol. The Labute approximate surface area is 452 Å². The van der Waals surface area contributed by atoms with Gasteiger partial charge in [-0.25, -0.2) is 4.79 Å². The van der Waals surface area contributed by atoms with Crippen LogP contribution in [0.2, 0.25) is 0 Å². The van der Waals surface area contributed by atoms with Crippen LogP contribution in [0.5, 0.6) is 17.2 Å². The Hall–Kier alpha value is -8.93. The van der Waals surface area contributed by atoms with Crippen LogP contribution in [-0.4, -0.2) is 104 Å². The Morgan fingerprint density at radius 1 is 0.383 bits per heavy atom. The SMILES string of the molecule is Nc1c(N=Nc2ccc3cc(S(=O)(=O)O)c(N=Nc4cc(S(=O)(=O)O)ccc4S(=O)(=O)O)c(O)c3c2)cc(S(=O)(=O)O)c2cc(S(=O)(=O)O)c(N=Nc3ccc4c(O)c(N=Nc5ccccc5C(=O)O)c(S(=O)(=O)O)cc4c3)c(O)c12. The first-order valence-corrected chi connectivity index (χ1v) is 29.8. The van der Waals surface area contributed by atoms with Gasteiger partial charge in [0.15, 0.2) is 17.2 Å². The second-order valence-corrected chi connectivity index (χ2v) is 24.7. The Morgan fingerprint density at radius 2 is 0.864 bits per heavy atom. The molecule has 0 fully saturated rings. The first-order valence-electron chi connectivity index (χ1n) is 21.1. The van der Waals surface area contributed by atoms with Gasteiger partial charge < -0.3 is 26.2 Å². The minimum absolute atomic E-state index is 0.191. The highest BCUT2D eigenvalue weighted by Gasteiger charge is 2.30. The zero-order chi connectivity index (χ0) is 59.7. The molecule has 8 aromatic rings. The summed E-state index contributed by atoms with van der Waals surface area (Å²) in [4.78, 5) is 4.76. The molecule has 0 saturated heterocycles. The normalized spacial score (nSPS) is 13.3. The molecule has 0 bridgehead atoms. The molecule has 0 amide bonds. The number of benzene rings is 8. The number of azo groups is 4. The van der Waals surface area contributed by atoms with Gasteiger partial charge in [-0.05, 0) is 95.7 Å². The lowest BCUT2D eigenvalue weighted by molar-refractivity contribution is 0.0697. The largest absolute Gasteiger partial charge is 0.505 e. The van der Waals surface area contributed by atoms with Gasteiger partial charge in [0.1, 0.15) is 58.6 Å². The van der Waals surface area contributed by atoms with Crippen molar-refractivity contribution in [3.8, 4) is 17.2 Å². The number of phenols is 3. The first kappa shape index (κ1) is 58.2. The molecule has 0 aliphatic rings. The van der Waals surface area contributed by atoms with Crippen molar-refractivity contribution in [2.75, 3.05) is 5.73 Å². The number of aromatic hydroxyl groups is 3. The van der Waals surface area contributed by atoms with Crippen LogP contribution in [0.15, 0.2) is 173 Å². The first-order chi connectivity index (χ1) is 37.4. The van der Waals surface area contributed by atoms with Gasteiger partial charge in [-0.15, -0.1) is 30.7 Å². The predicted octanol–water partition coefficient (Wildman–Crippen LogP) is 8.69. The van der Waals surface area contributed by atoms with Gasteiger partial charge in [-0.1, -0.05) is 18.2 Å². The van der Waals surface area contributed by atoms with Crippen molar-refractivity contribution in [2.24, 2.45) is 40.9 Å². The molecule has 38 heteroatoms. The summed E-state index contributed by atoms with van der Waals surface area (Å²) in [5.41, 5.74) is -0.619. The van der Waals surface area contributed by atoms with E-state index in [2.05, 4.69) is 40.9 Å². The zero-order valence-electron chi connectivity index (χ0n) is 39.2. The number of hydrogen-bond acceptors (Lipinski definition) is 25. The van der Waals surface area contributed by atoms with Crippen molar-refractivity contribution in [3.05, 3.63) is 109 Å². The van der Waals surface area contributed by atoms with E-state index in [0.717, 1.165) is 54.6 Å². The minimum Gasteiger partial charge on any atom is -0.505 e. The number of nitrogen functional groups attached to an aromatic ring is 1. The number of fused-ring (bicyclic) bond motifs is 3. The smallest absolute Gasteiger partial charge is 0.337 e. The molecule has 0 saturated carbocycles. The highest BCUT2D eigenvalue weighted by Crippen LogP contribution is 2.50. The van der Waals surface area contributed by atoms with Crippen molar-refractivity contribution in [1.82, 2.24) is 0 Å². The monoisotopic (exact) mass is 1230 g/mol. The standard InChI is InChI=1S/C43H29N9O23S6/c44-36-29(49-45-21-6-5-18-12-32(79(67,68)69)38(41(54)25(18)14-21)52-48-28-15-22(76(58,59)60)8-10-30(28)77(61,62)63)17-31(78(64,65)66)26-16-34(81(73,74)75)39(42(55)35(26)36)50-46-20-7-9-23-19(11-20)13-33(80(70,71)72)37(40(23)53)51-47-27-4-2-1-3-24(27)43(56)57/h1-17,53-55H,44H2,(H,56,57)(H,58,59,60)(H,61,62,63)(H,64,65,66)(H,67,68,69)(H,70,71,72)(H,73,74,75). The predicted molar refractivity (Wildman–Crippen MR) is 277 cm³/mol. The maximum absolute atomic E-state index is 12.8. The van der Waals surface area contributed by atoms with E-state index in [1.165, 1.54) is 18.2 Å². The molecule has 0 atom stereocenters. The van der Waals surface area contributed by atoms with Gasteiger partial charge in [0.25, 0.3) is 60.7 Å². The van der Waals surface area contributed by atoms with Crippen LogP contribution in [0.3, 0.4) is 0 Å². The maximum atomic E-state index is 12.8. The Kier molecular flexibility index (Phi) is 14.8.